The number of nitrogens with one attached hydrogen (secondary N) is 1. The third kappa shape index (κ3) is 4.48. The molecule has 1 unspecified atom stereocenters. The molecule has 0 aliphatic carbocycles. The van der Waals surface area contributed by atoms with E-state index in [1.807, 2.05) is 0 Å². The molecule has 0 aromatic heterocycles. The van der Waals surface area contributed by atoms with Gasteiger partial charge in [0.15, 0.2) is 0 Å². The van der Waals surface area contributed by atoms with Crippen molar-refractivity contribution in [2.45, 2.75) is 25.8 Å². The molecular weight excluding hydrogens is 298 g/mol. The van der Waals surface area contributed by atoms with Crippen LogP contribution in [0.1, 0.15) is 30.5 Å². The van der Waals surface area contributed by atoms with Gasteiger partial charge in [0.2, 0.25) is 0 Å². The Kier molecular flexibility index (Phi) is 5.62. The Labute approximate surface area is 124 Å². The van der Waals surface area contributed by atoms with Gasteiger partial charge in [-0.3, -0.25) is 0 Å². The van der Waals surface area contributed by atoms with E-state index in [-0.39, 0.29) is 0 Å². The quantitative estimate of drug-likeness (QED) is 0.812. The summed E-state index contributed by atoms with van der Waals surface area (Å²) < 4.78 is 1.15. The van der Waals surface area contributed by atoms with E-state index in [4.69, 9.17) is 0 Å². The van der Waals surface area contributed by atoms with Gasteiger partial charge < -0.3 is 5.32 Å². The van der Waals surface area contributed by atoms with Crippen molar-refractivity contribution in [3.63, 3.8) is 0 Å². The lowest BCUT2D eigenvalue weighted by Gasteiger charge is -2.18. The summed E-state index contributed by atoms with van der Waals surface area (Å²) in [4.78, 5) is 0. The zero-order chi connectivity index (χ0) is 13.5. The molecule has 100 valence electrons. The van der Waals surface area contributed by atoms with Crippen molar-refractivity contribution in [1.82, 2.24) is 5.32 Å². The second-order valence-corrected chi connectivity index (χ2v) is 5.61. The highest BCUT2D eigenvalue weighted by Gasteiger charge is 2.10. The summed E-state index contributed by atoms with van der Waals surface area (Å²) in [6.07, 6.45) is 2.22. The van der Waals surface area contributed by atoms with Crippen LogP contribution in [0.3, 0.4) is 0 Å². The Morgan fingerprint density at radius 3 is 2.53 bits per heavy atom. The second kappa shape index (κ2) is 7.46. The smallest absolute Gasteiger partial charge is 0.0323 e. The molecule has 19 heavy (non-hydrogen) atoms. The maximum atomic E-state index is 3.58. The first kappa shape index (κ1) is 14.3. The molecular formula is C17H20BrN. The Morgan fingerprint density at radius 2 is 1.84 bits per heavy atom. The predicted molar refractivity (Wildman–Crippen MR) is 85.3 cm³/mol. The van der Waals surface area contributed by atoms with E-state index in [0.29, 0.717) is 6.04 Å². The van der Waals surface area contributed by atoms with E-state index >= 15 is 0 Å². The van der Waals surface area contributed by atoms with Crippen LogP contribution in [0.25, 0.3) is 0 Å². The fourth-order valence-corrected chi connectivity index (χ4v) is 2.73. The molecule has 2 aromatic carbocycles. The van der Waals surface area contributed by atoms with E-state index in [9.17, 15) is 0 Å². The molecule has 2 rings (SSSR count). The fourth-order valence-electron chi connectivity index (χ4n) is 2.31. The van der Waals surface area contributed by atoms with Gasteiger partial charge in [0.1, 0.15) is 0 Å². The number of hydrogen-bond acceptors (Lipinski definition) is 1. The molecule has 0 heterocycles. The molecule has 0 amide bonds. The molecule has 1 N–H and O–H groups in total. The van der Waals surface area contributed by atoms with E-state index in [1.165, 1.54) is 11.1 Å². The topological polar surface area (TPSA) is 12.0 Å². The number of aryl methyl sites for hydroxylation is 1. The largest absolute Gasteiger partial charge is 0.310 e. The Hall–Kier alpha value is -1.12. The third-order valence-corrected chi connectivity index (χ3v) is 3.76. The van der Waals surface area contributed by atoms with Crippen molar-refractivity contribution in [2.75, 3.05) is 6.54 Å². The number of hydrogen-bond donors (Lipinski definition) is 1. The van der Waals surface area contributed by atoms with Gasteiger partial charge in [0.25, 0.3) is 0 Å². The Balaban J connectivity index is 2.04. The molecule has 1 nitrogen and oxygen atoms in total. The van der Waals surface area contributed by atoms with E-state index in [2.05, 4.69) is 82.8 Å². The van der Waals surface area contributed by atoms with Crippen molar-refractivity contribution in [3.8, 4) is 0 Å². The van der Waals surface area contributed by atoms with Gasteiger partial charge in [0.05, 0.1) is 0 Å². The number of rotatable bonds is 6. The standard InChI is InChI=1S/C17H20BrN/c1-2-19-17(15-9-6-10-16(18)13-15)12-11-14-7-4-3-5-8-14/h3-10,13,17,19H,2,11-12H2,1H3. The highest BCUT2D eigenvalue weighted by Crippen LogP contribution is 2.22. The summed E-state index contributed by atoms with van der Waals surface area (Å²) in [6, 6.07) is 19.7. The minimum atomic E-state index is 0.419. The SMILES string of the molecule is CCNC(CCc1ccccc1)c1cccc(Br)c1. The third-order valence-electron chi connectivity index (χ3n) is 3.27. The normalized spacial score (nSPS) is 12.3. The summed E-state index contributed by atoms with van der Waals surface area (Å²) in [7, 11) is 0. The summed E-state index contributed by atoms with van der Waals surface area (Å²) >= 11 is 3.55. The van der Waals surface area contributed by atoms with Crippen LogP contribution in [-0.4, -0.2) is 6.54 Å². The fraction of sp³-hybridized carbons (Fsp3) is 0.294. The van der Waals surface area contributed by atoms with Crippen LogP contribution >= 0.6 is 15.9 Å². The zero-order valence-corrected chi connectivity index (χ0v) is 12.9. The molecule has 0 aliphatic heterocycles. The number of halogens is 1. The van der Waals surface area contributed by atoms with Crippen molar-refractivity contribution >= 4 is 15.9 Å². The second-order valence-electron chi connectivity index (χ2n) is 4.69. The van der Waals surface area contributed by atoms with Crippen molar-refractivity contribution in [2.24, 2.45) is 0 Å². The van der Waals surface area contributed by atoms with Crippen LogP contribution in [0.2, 0.25) is 0 Å². The highest BCUT2D eigenvalue weighted by atomic mass is 79.9. The summed E-state index contributed by atoms with van der Waals surface area (Å²) in [6.45, 7) is 3.15. The molecule has 0 saturated heterocycles. The van der Waals surface area contributed by atoms with Crippen molar-refractivity contribution in [3.05, 3.63) is 70.2 Å². The van der Waals surface area contributed by atoms with Crippen molar-refractivity contribution < 1.29 is 0 Å². The van der Waals surface area contributed by atoms with E-state index in [0.717, 1.165) is 23.9 Å². The maximum absolute atomic E-state index is 3.58. The Bertz CT molecular complexity index is 496. The first-order valence-electron chi connectivity index (χ1n) is 6.82. The molecule has 0 aliphatic rings. The molecule has 2 aromatic rings. The van der Waals surface area contributed by atoms with Crippen LogP contribution in [0.5, 0.6) is 0 Å². The van der Waals surface area contributed by atoms with Gasteiger partial charge in [-0.25, -0.2) is 0 Å². The zero-order valence-electron chi connectivity index (χ0n) is 11.3. The minimum absolute atomic E-state index is 0.419. The van der Waals surface area contributed by atoms with Gasteiger partial charge in [-0.1, -0.05) is 65.3 Å². The Morgan fingerprint density at radius 1 is 1.05 bits per heavy atom. The van der Waals surface area contributed by atoms with E-state index in [1.54, 1.807) is 0 Å². The average Bonchev–Trinajstić information content (AvgIpc) is 2.44. The van der Waals surface area contributed by atoms with Crippen LogP contribution in [0.4, 0.5) is 0 Å². The minimum Gasteiger partial charge on any atom is -0.310 e. The summed E-state index contributed by atoms with van der Waals surface area (Å²) in [5.74, 6) is 0. The molecule has 0 spiro atoms. The molecule has 0 saturated carbocycles. The highest BCUT2D eigenvalue weighted by molar-refractivity contribution is 9.10. The van der Waals surface area contributed by atoms with Crippen LogP contribution in [0, 0.1) is 0 Å². The van der Waals surface area contributed by atoms with E-state index < -0.39 is 0 Å². The lowest BCUT2D eigenvalue weighted by atomic mass is 9.99. The van der Waals surface area contributed by atoms with Crippen molar-refractivity contribution in [1.29, 1.82) is 0 Å². The van der Waals surface area contributed by atoms with Gasteiger partial charge in [0, 0.05) is 10.5 Å². The van der Waals surface area contributed by atoms with Gasteiger partial charge in [-0.15, -0.1) is 0 Å². The summed E-state index contributed by atoms with van der Waals surface area (Å²) in [5.41, 5.74) is 2.76. The molecule has 2 heteroatoms. The van der Waals surface area contributed by atoms with Gasteiger partial charge >= 0.3 is 0 Å². The molecule has 0 fully saturated rings. The van der Waals surface area contributed by atoms with Crippen LogP contribution < -0.4 is 5.32 Å². The average molecular weight is 318 g/mol. The number of benzene rings is 2. The van der Waals surface area contributed by atoms with Gasteiger partial charge in [-0.05, 0) is 42.6 Å². The lowest BCUT2D eigenvalue weighted by molar-refractivity contribution is 0.515. The van der Waals surface area contributed by atoms with Gasteiger partial charge in [-0.2, -0.15) is 0 Å². The lowest BCUT2D eigenvalue weighted by Crippen LogP contribution is -2.21. The van der Waals surface area contributed by atoms with Crippen LogP contribution in [0.15, 0.2) is 59.1 Å². The van der Waals surface area contributed by atoms with Crippen LogP contribution in [-0.2, 0) is 6.42 Å². The first-order chi connectivity index (χ1) is 9.29. The predicted octanol–water partition coefficient (Wildman–Crippen LogP) is 4.73. The summed E-state index contributed by atoms with van der Waals surface area (Å²) in [5, 5.41) is 3.58. The monoisotopic (exact) mass is 317 g/mol. The first-order valence-corrected chi connectivity index (χ1v) is 7.61. The maximum Gasteiger partial charge on any atom is 0.0323 e. The molecule has 0 bridgehead atoms. The molecule has 1 atom stereocenters. The molecule has 0 radical (unpaired) electrons.